The number of hydrogen-bond donors (Lipinski definition) is 1. The van der Waals surface area contributed by atoms with Crippen LogP contribution >= 0.6 is 22.7 Å². The van der Waals surface area contributed by atoms with Crippen molar-refractivity contribution < 1.29 is 0 Å². The predicted octanol–water partition coefficient (Wildman–Crippen LogP) is 4.58. The average Bonchev–Trinajstić information content (AvgIpc) is 2.96. The molecule has 0 aliphatic rings. The van der Waals surface area contributed by atoms with Crippen LogP contribution in [0.25, 0.3) is 0 Å². The highest BCUT2D eigenvalue weighted by Gasteiger charge is 2.17. The van der Waals surface area contributed by atoms with Gasteiger partial charge >= 0.3 is 0 Å². The van der Waals surface area contributed by atoms with Gasteiger partial charge in [-0.25, -0.2) is 4.98 Å². The molecule has 4 heteroatoms. The molecule has 2 aromatic heterocycles. The van der Waals surface area contributed by atoms with Crippen molar-refractivity contribution in [3.63, 3.8) is 0 Å². The molecule has 2 nitrogen and oxygen atoms in total. The Hall–Kier alpha value is -0.870. The summed E-state index contributed by atoms with van der Waals surface area (Å²) in [6.07, 6.45) is 1.00. The zero-order chi connectivity index (χ0) is 12.3. The maximum atomic E-state index is 4.57. The number of thiophene rings is 1. The van der Waals surface area contributed by atoms with Crippen molar-refractivity contribution in [3.8, 4) is 0 Å². The van der Waals surface area contributed by atoms with Crippen molar-refractivity contribution in [1.82, 2.24) is 4.98 Å². The summed E-state index contributed by atoms with van der Waals surface area (Å²) in [7, 11) is 0. The maximum absolute atomic E-state index is 4.57. The highest BCUT2D eigenvalue weighted by atomic mass is 32.1. The van der Waals surface area contributed by atoms with Gasteiger partial charge in [0.05, 0.1) is 11.7 Å². The van der Waals surface area contributed by atoms with Crippen LogP contribution in [0.1, 0.15) is 37.4 Å². The van der Waals surface area contributed by atoms with E-state index in [1.165, 1.54) is 10.6 Å². The van der Waals surface area contributed by atoms with E-state index in [2.05, 4.69) is 54.0 Å². The Morgan fingerprint density at radius 1 is 1.35 bits per heavy atom. The standard InChI is InChI=1S/C13H18N2S2/c1-4-10-8-17-13(14-10)15-12(9(2)3)11-6-5-7-16-11/h5-9,12H,4H2,1-3H3,(H,14,15). The summed E-state index contributed by atoms with van der Waals surface area (Å²) in [4.78, 5) is 5.96. The van der Waals surface area contributed by atoms with Crippen molar-refractivity contribution in [2.24, 2.45) is 5.92 Å². The van der Waals surface area contributed by atoms with Gasteiger partial charge in [0.1, 0.15) is 0 Å². The highest BCUT2D eigenvalue weighted by Crippen LogP contribution is 2.30. The van der Waals surface area contributed by atoms with E-state index in [4.69, 9.17) is 0 Å². The second-order valence-corrected chi connectivity index (χ2v) is 6.22. The third-order valence-corrected chi connectivity index (χ3v) is 4.49. The lowest BCUT2D eigenvalue weighted by molar-refractivity contribution is 0.553. The second-order valence-electron chi connectivity index (χ2n) is 4.38. The molecule has 0 spiro atoms. The van der Waals surface area contributed by atoms with Gasteiger partial charge < -0.3 is 5.32 Å². The van der Waals surface area contributed by atoms with Crippen LogP contribution in [0.4, 0.5) is 5.13 Å². The van der Waals surface area contributed by atoms with Crippen molar-refractivity contribution in [2.45, 2.75) is 33.2 Å². The van der Waals surface area contributed by atoms with Gasteiger partial charge in [0.25, 0.3) is 0 Å². The molecular weight excluding hydrogens is 248 g/mol. The van der Waals surface area contributed by atoms with E-state index in [1.54, 1.807) is 22.7 Å². The van der Waals surface area contributed by atoms with E-state index < -0.39 is 0 Å². The summed E-state index contributed by atoms with van der Waals surface area (Å²) < 4.78 is 0. The lowest BCUT2D eigenvalue weighted by Gasteiger charge is -2.20. The first-order chi connectivity index (χ1) is 8.20. The van der Waals surface area contributed by atoms with Crippen LogP contribution in [0, 0.1) is 5.92 Å². The molecule has 1 N–H and O–H groups in total. The Kier molecular flexibility index (Phi) is 4.18. The number of anilines is 1. The van der Waals surface area contributed by atoms with Crippen molar-refractivity contribution in [2.75, 3.05) is 5.32 Å². The van der Waals surface area contributed by atoms with Crippen LogP contribution < -0.4 is 5.32 Å². The van der Waals surface area contributed by atoms with E-state index in [0.717, 1.165) is 11.6 Å². The molecule has 0 bridgehead atoms. The third kappa shape index (κ3) is 3.07. The number of nitrogens with zero attached hydrogens (tertiary/aromatic N) is 1. The third-order valence-electron chi connectivity index (χ3n) is 2.71. The van der Waals surface area contributed by atoms with Gasteiger partial charge in [-0.15, -0.1) is 22.7 Å². The minimum atomic E-state index is 0.367. The first-order valence-electron chi connectivity index (χ1n) is 5.95. The molecule has 1 unspecified atom stereocenters. The van der Waals surface area contributed by atoms with E-state index in [1.807, 2.05) is 0 Å². The van der Waals surface area contributed by atoms with Gasteiger partial charge in [-0.1, -0.05) is 26.8 Å². The zero-order valence-electron chi connectivity index (χ0n) is 10.4. The lowest BCUT2D eigenvalue weighted by Crippen LogP contribution is -2.15. The first kappa shape index (κ1) is 12.6. The molecular formula is C13H18N2S2. The Balaban J connectivity index is 2.13. The molecule has 2 heterocycles. The van der Waals surface area contributed by atoms with Gasteiger partial charge in [-0.05, 0) is 23.8 Å². The van der Waals surface area contributed by atoms with Crippen LogP contribution in [-0.2, 0) is 6.42 Å². The fourth-order valence-electron chi connectivity index (χ4n) is 1.70. The zero-order valence-corrected chi connectivity index (χ0v) is 12.1. The normalized spacial score (nSPS) is 12.9. The fraction of sp³-hybridized carbons (Fsp3) is 0.462. The summed E-state index contributed by atoms with van der Waals surface area (Å²) in [5.74, 6) is 0.558. The van der Waals surface area contributed by atoms with Crippen LogP contribution in [0.3, 0.4) is 0 Å². The van der Waals surface area contributed by atoms with Crippen LogP contribution in [0.15, 0.2) is 22.9 Å². The van der Waals surface area contributed by atoms with E-state index >= 15 is 0 Å². The maximum Gasteiger partial charge on any atom is 0.183 e. The number of thiazole rings is 1. The quantitative estimate of drug-likeness (QED) is 0.857. The molecule has 92 valence electrons. The number of hydrogen-bond acceptors (Lipinski definition) is 4. The topological polar surface area (TPSA) is 24.9 Å². The van der Waals surface area contributed by atoms with Crippen molar-refractivity contribution in [1.29, 1.82) is 0 Å². The molecule has 0 saturated carbocycles. The molecule has 0 amide bonds. The van der Waals surface area contributed by atoms with E-state index in [9.17, 15) is 0 Å². The first-order valence-corrected chi connectivity index (χ1v) is 7.71. The molecule has 17 heavy (non-hydrogen) atoms. The van der Waals surface area contributed by atoms with Crippen molar-refractivity contribution in [3.05, 3.63) is 33.5 Å². The second kappa shape index (κ2) is 5.65. The number of aryl methyl sites for hydroxylation is 1. The summed E-state index contributed by atoms with van der Waals surface area (Å²) >= 11 is 3.51. The Morgan fingerprint density at radius 2 is 2.18 bits per heavy atom. The van der Waals surface area contributed by atoms with Gasteiger partial charge in [0.15, 0.2) is 5.13 Å². The molecule has 0 aliphatic heterocycles. The van der Waals surface area contributed by atoms with Gasteiger partial charge in [0, 0.05) is 10.3 Å². The summed E-state index contributed by atoms with van der Waals surface area (Å²) in [5, 5.41) is 8.85. The minimum absolute atomic E-state index is 0.367. The smallest absolute Gasteiger partial charge is 0.183 e. The molecule has 0 saturated heterocycles. The molecule has 0 radical (unpaired) electrons. The minimum Gasteiger partial charge on any atom is -0.354 e. The van der Waals surface area contributed by atoms with E-state index in [0.29, 0.717) is 12.0 Å². The molecule has 1 atom stereocenters. The molecule has 0 aromatic carbocycles. The monoisotopic (exact) mass is 266 g/mol. The molecule has 0 fully saturated rings. The number of nitrogens with one attached hydrogen (secondary N) is 1. The predicted molar refractivity (Wildman–Crippen MR) is 77.0 cm³/mol. The van der Waals surface area contributed by atoms with Gasteiger partial charge in [-0.3, -0.25) is 0 Å². The Bertz CT molecular complexity index is 446. The summed E-state index contributed by atoms with van der Waals surface area (Å²) in [6, 6.07) is 4.67. The van der Waals surface area contributed by atoms with E-state index in [-0.39, 0.29) is 0 Å². The van der Waals surface area contributed by atoms with Gasteiger partial charge in [0.2, 0.25) is 0 Å². The average molecular weight is 266 g/mol. The Labute approximate surface area is 111 Å². The lowest BCUT2D eigenvalue weighted by atomic mass is 10.0. The Morgan fingerprint density at radius 3 is 2.71 bits per heavy atom. The van der Waals surface area contributed by atoms with Crippen molar-refractivity contribution >= 4 is 27.8 Å². The SMILES string of the molecule is CCc1csc(NC(c2cccs2)C(C)C)n1. The molecule has 2 rings (SSSR count). The summed E-state index contributed by atoms with van der Waals surface area (Å²) in [5.41, 5.74) is 1.17. The molecule has 0 aliphatic carbocycles. The largest absolute Gasteiger partial charge is 0.354 e. The fourth-order valence-corrected chi connectivity index (χ4v) is 3.48. The molecule has 2 aromatic rings. The van der Waals surface area contributed by atoms with Crippen LogP contribution in [0.5, 0.6) is 0 Å². The van der Waals surface area contributed by atoms with Crippen LogP contribution in [0.2, 0.25) is 0 Å². The highest BCUT2D eigenvalue weighted by molar-refractivity contribution is 7.13. The van der Waals surface area contributed by atoms with Gasteiger partial charge in [-0.2, -0.15) is 0 Å². The number of aromatic nitrogens is 1. The number of rotatable bonds is 5. The van der Waals surface area contributed by atoms with Crippen LogP contribution in [-0.4, -0.2) is 4.98 Å². The summed E-state index contributed by atoms with van der Waals surface area (Å²) in [6.45, 7) is 6.62.